The monoisotopic (exact) mass is 253 g/mol. The second-order valence-corrected chi connectivity index (χ2v) is 4.89. The van der Waals surface area contributed by atoms with Crippen molar-refractivity contribution in [3.63, 3.8) is 0 Å². The highest BCUT2D eigenvalue weighted by Gasteiger charge is 2.38. The number of hydrogen-bond donors (Lipinski definition) is 0. The first-order valence-corrected chi connectivity index (χ1v) is 6.02. The largest absolute Gasteiger partial charge is 0.469 e. The number of hydrogen-bond acceptors (Lipinski definition) is 3. The Morgan fingerprint density at radius 1 is 1.41 bits per heavy atom. The number of benzene rings is 1. The van der Waals surface area contributed by atoms with Crippen LogP contribution in [0.5, 0.6) is 0 Å². The second-order valence-electron chi connectivity index (χ2n) is 4.48. The molecule has 2 unspecified atom stereocenters. The van der Waals surface area contributed by atoms with Gasteiger partial charge in [0.05, 0.1) is 13.0 Å². The highest BCUT2D eigenvalue weighted by Crippen LogP contribution is 2.36. The molecule has 1 saturated heterocycles. The Kier molecular flexibility index (Phi) is 3.69. The Bertz CT molecular complexity index is 422. The number of likely N-dealkylation sites (tertiary alicyclic amines) is 1. The van der Waals surface area contributed by atoms with Crippen LogP contribution in [0.3, 0.4) is 0 Å². The molecule has 0 N–H and O–H groups in total. The van der Waals surface area contributed by atoms with Gasteiger partial charge in [-0.25, -0.2) is 0 Å². The molecule has 2 atom stereocenters. The van der Waals surface area contributed by atoms with Crippen molar-refractivity contribution in [2.45, 2.75) is 5.92 Å². The van der Waals surface area contributed by atoms with Gasteiger partial charge < -0.3 is 9.64 Å². The Morgan fingerprint density at radius 2 is 2.12 bits per heavy atom. The molecule has 0 bridgehead atoms. The van der Waals surface area contributed by atoms with Crippen LogP contribution in [0.2, 0.25) is 5.02 Å². The first-order chi connectivity index (χ1) is 8.13. The van der Waals surface area contributed by atoms with E-state index in [1.54, 1.807) is 0 Å². The van der Waals surface area contributed by atoms with Gasteiger partial charge in [0.25, 0.3) is 0 Å². The van der Waals surface area contributed by atoms with E-state index in [9.17, 15) is 4.79 Å². The topological polar surface area (TPSA) is 29.5 Å². The molecule has 0 radical (unpaired) electrons. The summed E-state index contributed by atoms with van der Waals surface area (Å²) >= 11 is 6.19. The molecule has 0 amide bonds. The molecule has 0 saturated carbocycles. The summed E-state index contributed by atoms with van der Waals surface area (Å²) in [6, 6.07) is 7.71. The van der Waals surface area contributed by atoms with Crippen LogP contribution >= 0.6 is 11.6 Å². The van der Waals surface area contributed by atoms with E-state index in [2.05, 4.69) is 4.90 Å². The summed E-state index contributed by atoms with van der Waals surface area (Å²) in [6.45, 7) is 1.56. The minimum Gasteiger partial charge on any atom is -0.469 e. The van der Waals surface area contributed by atoms with Crippen LogP contribution in [0.25, 0.3) is 0 Å². The molecule has 4 heteroatoms. The van der Waals surface area contributed by atoms with Crippen molar-refractivity contribution >= 4 is 17.6 Å². The molecule has 3 nitrogen and oxygen atoms in total. The predicted molar refractivity (Wildman–Crippen MR) is 67.2 cm³/mol. The SMILES string of the molecule is COC(=O)C1CN(C)CC1c1ccccc1Cl. The Labute approximate surface area is 106 Å². The number of halogens is 1. The van der Waals surface area contributed by atoms with E-state index in [0.717, 1.165) is 23.7 Å². The van der Waals surface area contributed by atoms with Gasteiger partial charge in [0.15, 0.2) is 0 Å². The number of nitrogens with zero attached hydrogens (tertiary/aromatic N) is 1. The zero-order valence-corrected chi connectivity index (χ0v) is 10.8. The van der Waals surface area contributed by atoms with Gasteiger partial charge in [0.1, 0.15) is 0 Å². The number of likely N-dealkylation sites (N-methyl/N-ethyl adjacent to an activating group) is 1. The van der Waals surface area contributed by atoms with E-state index in [4.69, 9.17) is 16.3 Å². The number of methoxy groups -OCH3 is 1. The van der Waals surface area contributed by atoms with Crippen LogP contribution in [-0.4, -0.2) is 38.1 Å². The summed E-state index contributed by atoms with van der Waals surface area (Å²) in [5.41, 5.74) is 1.04. The van der Waals surface area contributed by atoms with E-state index < -0.39 is 0 Å². The molecule has 1 aromatic carbocycles. The first kappa shape index (κ1) is 12.4. The number of esters is 1. The molecule has 17 heavy (non-hydrogen) atoms. The van der Waals surface area contributed by atoms with Gasteiger partial charge in [-0.15, -0.1) is 0 Å². The lowest BCUT2D eigenvalue weighted by molar-refractivity contribution is -0.145. The normalized spacial score (nSPS) is 24.9. The maximum Gasteiger partial charge on any atom is 0.310 e. The third-order valence-corrected chi connectivity index (χ3v) is 3.66. The van der Waals surface area contributed by atoms with Gasteiger partial charge in [0.2, 0.25) is 0 Å². The lowest BCUT2D eigenvalue weighted by Crippen LogP contribution is -2.23. The van der Waals surface area contributed by atoms with Crippen molar-refractivity contribution in [1.29, 1.82) is 0 Å². The van der Waals surface area contributed by atoms with Crippen molar-refractivity contribution in [2.75, 3.05) is 27.2 Å². The third-order valence-electron chi connectivity index (χ3n) is 3.31. The zero-order valence-electron chi connectivity index (χ0n) is 10.0. The van der Waals surface area contributed by atoms with Crippen LogP contribution in [0.15, 0.2) is 24.3 Å². The van der Waals surface area contributed by atoms with E-state index in [1.165, 1.54) is 7.11 Å². The summed E-state index contributed by atoms with van der Waals surface area (Å²) in [5.74, 6) is -0.148. The number of carbonyl (C=O) groups excluding carboxylic acids is 1. The molecule has 0 aliphatic carbocycles. The van der Waals surface area contributed by atoms with Crippen molar-refractivity contribution in [3.8, 4) is 0 Å². The maximum absolute atomic E-state index is 11.8. The van der Waals surface area contributed by atoms with Crippen LogP contribution in [-0.2, 0) is 9.53 Å². The molecule has 1 aliphatic heterocycles. The molecule has 1 fully saturated rings. The Morgan fingerprint density at radius 3 is 2.76 bits per heavy atom. The summed E-state index contributed by atoms with van der Waals surface area (Å²) < 4.78 is 4.87. The van der Waals surface area contributed by atoms with E-state index in [1.807, 2.05) is 31.3 Å². The molecule has 0 spiro atoms. The second kappa shape index (κ2) is 5.07. The molecule has 92 valence electrons. The summed E-state index contributed by atoms with van der Waals surface area (Å²) in [7, 11) is 3.44. The standard InChI is InChI=1S/C13H16ClNO2/c1-15-7-10(11(8-15)13(16)17-2)9-5-3-4-6-12(9)14/h3-6,10-11H,7-8H2,1-2H3. The Hall–Kier alpha value is -1.06. The molecular formula is C13H16ClNO2. The van der Waals surface area contributed by atoms with Gasteiger partial charge in [0, 0.05) is 24.0 Å². The summed E-state index contributed by atoms with van der Waals surface area (Å²) in [5, 5.41) is 0.724. The fourth-order valence-corrected chi connectivity index (χ4v) is 2.76. The third kappa shape index (κ3) is 2.45. The summed E-state index contributed by atoms with van der Waals surface area (Å²) in [4.78, 5) is 13.9. The Balaban J connectivity index is 2.30. The number of rotatable bonds is 2. The van der Waals surface area contributed by atoms with Crippen LogP contribution < -0.4 is 0 Å². The predicted octanol–water partition coefficient (Wildman–Crippen LogP) is 2.16. The van der Waals surface area contributed by atoms with Crippen molar-refractivity contribution in [2.24, 2.45) is 5.92 Å². The maximum atomic E-state index is 11.8. The fraction of sp³-hybridized carbons (Fsp3) is 0.462. The summed E-state index contributed by atoms with van der Waals surface area (Å²) in [6.07, 6.45) is 0. The van der Waals surface area contributed by atoms with E-state index in [-0.39, 0.29) is 17.8 Å². The lowest BCUT2D eigenvalue weighted by atomic mass is 9.89. The van der Waals surface area contributed by atoms with E-state index >= 15 is 0 Å². The molecule has 2 rings (SSSR count). The molecule has 1 aromatic rings. The number of ether oxygens (including phenoxy) is 1. The van der Waals surface area contributed by atoms with Crippen LogP contribution in [0.1, 0.15) is 11.5 Å². The highest BCUT2D eigenvalue weighted by molar-refractivity contribution is 6.31. The van der Waals surface area contributed by atoms with Gasteiger partial charge in [-0.05, 0) is 18.7 Å². The van der Waals surface area contributed by atoms with Gasteiger partial charge >= 0.3 is 5.97 Å². The average Bonchev–Trinajstić information content (AvgIpc) is 2.71. The van der Waals surface area contributed by atoms with Gasteiger partial charge in [-0.1, -0.05) is 29.8 Å². The van der Waals surface area contributed by atoms with Crippen molar-refractivity contribution in [3.05, 3.63) is 34.9 Å². The lowest BCUT2D eigenvalue weighted by Gasteiger charge is -2.17. The quantitative estimate of drug-likeness (QED) is 0.757. The van der Waals surface area contributed by atoms with Gasteiger partial charge in [-0.3, -0.25) is 4.79 Å². The minimum atomic E-state index is -0.153. The van der Waals surface area contributed by atoms with Crippen LogP contribution in [0, 0.1) is 5.92 Å². The highest BCUT2D eigenvalue weighted by atomic mass is 35.5. The van der Waals surface area contributed by atoms with Crippen molar-refractivity contribution in [1.82, 2.24) is 4.90 Å². The smallest absolute Gasteiger partial charge is 0.310 e. The number of carbonyl (C=O) groups is 1. The fourth-order valence-electron chi connectivity index (χ4n) is 2.48. The van der Waals surface area contributed by atoms with E-state index in [0.29, 0.717) is 0 Å². The molecule has 0 aromatic heterocycles. The van der Waals surface area contributed by atoms with Crippen molar-refractivity contribution < 1.29 is 9.53 Å². The molecular weight excluding hydrogens is 238 g/mol. The van der Waals surface area contributed by atoms with Gasteiger partial charge in [-0.2, -0.15) is 0 Å². The minimum absolute atomic E-state index is 0.120. The molecule has 1 heterocycles. The van der Waals surface area contributed by atoms with Crippen LogP contribution in [0.4, 0.5) is 0 Å². The average molecular weight is 254 g/mol. The molecule has 1 aliphatic rings. The zero-order chi connectivity index (χ0) is 12.4. The first-order valence-electron chi connectivity index (χ1n) is 5.64.